The van der Waals surface area contributed by atoms with Crippen LogP contribution < -0.4 is 11.2 Å². The zero-order valence-electron chi connectivity index (χ0n) is 10.8. The third-order valence-electron chi connectivity index (χ3n) is 2.46. The number of hydrogen-bond acceptors (Lipinski definition) is 5. The van der Waals surface area contributed by atoms with Crippen LogP contribution in [0.5, 0.6) is 0 Å². The molecule has 0 fully saturated rings. The van der Waals surface area contributed by atoms with E-state index in [-0.39, 0.29) is 23.9 Å². The van der Waals surface area contributed by atoms with Crippen molar-refractivity contribution in [3.8, 4) is 0 Å². The Morgan fingerprint density at radius 1 is 1.37 bits per heavy atom. The predicted molar refractivity (Wildman–Crippen MR) is 66.5 cm³/mol. The number of aromatic amines is 2. The second kappa shape index (κ2) is 4.38. The number of fused-ring (bicyclic) bond motifs is 1. The monoisotopic (exact) mass is 266 g/mol. The zero-order valence-corrected chi connectivity index (χ0v) is 10.8. The molecule has 0 aliphatic rings. The molecule has 0 unspecified atom stereocenters. The van der Waals surface area contributed by atoms with Crippen molar-refractivity contribution in [2.24, 2.45) is 5.41 Å². The Kier molecular flexibility index (Phi) is 3.01. The van der Waals surface area contributed by atoms with E-state index in [4.69, 9.17) is 4.74 Å². The lowest BCUT2D eigenvalue weighted by Gasteiger charge is -2.16. The molecule has 0 aromatic carbocycles. The summed E-state index contributed by atoms with van der Waals surface area (Å²) in [5.41, 5.74) is -1.54. The topological polar surface area (TPSA) is 110 Å². The Hall–Kier alpha value is -2.38. The summed E-state index contributed by atoms with van der Waals surface area (Å²) in [5, 5.41) is 0. The molecule has 2 aromatic rings. The largest absolute Gasteiger partial charge is 0.443 e. The molecule has 102 valence electrons. The highest BCUT2D eigenvalue weighted by atomic mass is 16.5. The van der Waals surface area contributed by atoms with Gasteiger partial charge in [-0.2, -0.15) is 0 Å². The fraction of sp³-hybridized carbons (Fsp3) is 0.455. The molecule has 0 aliphatic heterocycles. The first-order valence-electron chi connectivity index (χ1n) is 5.64. The maximum Gasteiger partial charge on any atom is 0.327 e. The zero-order chi connectivity index (χ0) is 14.2. The summed E-state index contributed by atoms with van der Waals surface area (Å²) >= 11 is 0. The molecule has 0 saturated heterocycles. The second-order valence-electron chi connectivity index (χ2n) is 5.13. The SMILES string of the molecule is CC(C)(C)C(=O)OCn1cnc2c(=O)[nH]c(=O)[nH]c21. The molecule has 2 aromatic heterocycles. The molecule has 8 nitrogen and oxygen atoms in total. The first-order chi connectivity index (χ1) is 8.79. The average Bonchev–Trinajstić information content (AvgIpc) is 2.67. The van der Waals surface area contributed by atoms with Gasteiger partial charge in [0, 0.05) is 0 Å². The van der Waals surface area contributed by atoms with Gasteiger partial charge in [0.2, 0.25) is 0 Å². The maximum atomic E-state index is 11.6. The van der Waals surface area contributed by atoms with Gasteiger partial charge in [-0.3, -0.25) is 24.1 Å². The van der Waals surface area contributed by atoms with E-state index in [0.29, 0.717) is 0 Å². The lowest BCUT2D eigenvalue weighted by atomic mass is 9.98. The smallest absolute Gasteiger partial charge is 0.327 e. The number of imidazole rings is 1. The highest BCUT2D eigenvalue weighted by Crippen LogP contribution is 2.15. The van der Waals surface area contributed by atoms with Gasteiger partial charge in [-0.15, -0.1) is 0 Å². The highest BCUT2D eigenvalue weighted by Gasteiger charge is 2.23. The van der Waals surface area contributed by atoms with Crippen LogP contribution in [0.25, 0.3) is 11.2 Å². The lowest BCUT2D eigenvalue weighted by Crippen LogP contribution is -2.25. The summed E-state index contributed by atoms with van der Waals surface area (Å²) in [6.07, 6.45) is 1.33. The summed E-state index contributed by atoms with van der Waals surface area (Å²) in [7, 11) is 0. The van der Waals surface area contributed by atoms with Crippen molar-refractivity contribution >= 4 is 17.1 Å². The molecule has 0 radical (unpaired) electrons. The predicted octanol–water partition coefficient (Wildman–Crippen LogP) is -0.0403. The molecule has 8 heteroatoms. The van der Waals surface area contributed by atoms with E-state index in [2.05, 4.69) is 15.0 Å². The first-order valence-corrected chi connectivity index (χ1v) is 5.64. The Labute approximate surface area is 107 Å². The number of nitrogens with zero attached hydrogens (tertiary/aromatic N) is 2. The molecule has 0 bridgehead atoms. The Bertz CT molecular complexity index is 731. The van der Waals surface area contributed by atoms with Crippen LogP contribution >= 0.6 is 0 Å². The summed E-state index contributed by atoms with van der Waals surface area (Å²) in [6.45, 7) is 5.07. The minimum absolute atomic E-state index is 0.0893. The normalized spacial score (nSPS) is 11.7. The number of H-pyrrole nitrogens is 2. The van der Waals surface area contributed by atoms with E-state index < -0.39 is 16.7 Å². The second-order valence-corrected chi connectivity index (χ2v) is 5.13. The number of hydrogen-bond donors (Lipinski definition) is 2. The van der Waals surface area contributed by atoms with E-state index >= 15 is 0 Å². The van der Waals surface area contributed by atoms with E-state index in [9.17, 15) is 14.4 Å². The van der Waals surface area contributed by atoms with Gasteiger partial charge in [0.15, 0.2) is 12.2 Å². The van der Waals surface area contributed by atoms with Gasteiger partial charge in [0.25, 0.3) is 5.56 Å². The van der Waals surface area contributed by atoms with E-state index in [1.165, 1.54) is 10.9 Å². The molecule has 2 N–H and O–H groups in total. The first kappa shape index (κ1) is 13.1. The number of nitrogens with one attached hydrogen (secondary N) is 2. The van der Waals surface area contributed by atoms with Crippen LogP contribution in [0.4, 0.5) is 0 Å². The quantitative estimate of drug-likeness (QED) is 0.741. The van der Waals surface area contributed by atoms with Crippen LogP contribution in [0.15, 0.2) is 15.9 Å². The van der Waals surface area contributed by atoms with Gasteiger partial charge in [0.1, 0.15) is 5.65 Å². The molecule has 0 aliphatic carbocycles. The van der Waals surface area contributed by atoms with Crippen molar-refractivity contribution in [2.75, 3.05) is 0 Å². The van der Waals surface area contributed by atoms with Crippen molar-refractivity contribution in [1.29, 1.82) is 0 Å². The van der Waals surface area contributed by atoms with E-state index in [1.807, 2.05) is 0 Å². The Morgan fingerprint density at radius 2 is 2.05 bits per heavy atom. The summed E-state index contributed by atoms with van der Waals surface area (Å²) in [5.74, 6) is -0.387. The number of ether oxygens (including phenoxy) is 1. The van der Waals surface area contributed by atoms with Crippen molar-refractivity contribution in [3.63, 3.8) is 0 Å². The van der Waals surface area contributed by atoms with Gasteiger partial charge in [-0.1, -0.05) is 0 Å². The van der Waals surface area contributed by atoms with Crippen molar-refractivity contribution < 1.29 is 9.53 Å². The standard InChI is InChI=1S/C11H14N4O4/c1-11(2,3)9(17)19-5-15-4-12-6-7(15)13-10(18)14-8(6)16/h4H,5H2,1-3H3,(H2,13,14,16,18). The molecular formula is C11H14N4O4. The summed E-state index contributed by atoms with van der Waals surface area (Å²) in [6, 6.07) is 0. The van der Waals surface area contributed by atoms with Gasteiger partial charge < -0.3 is 4.74 Å². The van der Waals surface area contributed by atoms with Crippen LogP contribution in [0.2, 0.25) is 0 Å². The molecule has 0 amide bonds. The molecule has 0 atom stereocenters. The third-order valence-corrected chi connectivity index (χ3v) is 2.46. The van der Waals surface area contributed by atoms with Crippen LogP contribution in [-0.4, -0.2) is 25.5 Å². The fourth-order valence-corrected chi connectivity index (χ4v) is 1.42. The van der Waals surface area contributed by atoms with Crippen molar-refractivity contribution in [1.82, 2.24) is 19.5 Å². The number of carbonyl (C=O) groups excluding carboxylic acids is 1. The van der Waals surface area contributed by atoms with Crippen LogP contribution in [0.3, 0.4) is 0 Å². The van der Waals surface area contributed by atoms with Crippen molar-refractivity contribution in [2.45, 2.75) is 27.5 Å². The van der Waals surface area contributed by atoms with E-state index in [0.717, 1.165) is 0 Å². The van der Waals surface area contributed by atoms with Gasteiger partial charge >= 0.3 is 11.7 Å². The minimum atomic E-state index is -0.638. The fourth-order valence-electron chi connectivity index (χ4n) is 1.42. The molecular weight excluding hydrogens is 252 g/mol. The van der Waals surface area contributed by atoms with Crippen LogP contribution in [0.1, 0.15) is 20.8 Å². The van der Waals surface area contributed by atoms with Gasteiger partial charge in [-0.25, -0.2) is 9.78 Å². The molecule has 19 heavy (non-hydrogen) atoms. The summed E-state index contributed by atoms with van der Waals surface area (Å²) < 4.78 is 6.47. The number of rotatable bonds is 2. The van der Waals surface area contributed by atoms with Crippen LogP contribution in [0, 0.1) is 5.41 Å². The molecule has 2 heterocycles. The number of esters is 1. The van der Waals surface area contributed by atoms with Crippen molar-refractivity contribution in [3.05, 3.63) is 27.2 Å². The number of aromatic nitrogens is 4. The molecule has 0 saturated carbocycles. The molecule has 2 rings (SSSR count). The van der Waals surface area contributed by atoms with Gasteiger partial charge in [-0.05, 0) is 20.8 Å². The minimum Gasteiger partial charge on any atom is -0.443 e. The van der Waals surface area contributed by atoms with Gasteiger partial charge in [0.05, 0.1) is 11.7 Å². The molecule has 0 spiro atoms. The highest BCUT2D eigenvalue weighted by molar-refractivity contribution is 5.75. The maximum absolute atomic E-state index is 11.6. The van der Waals surface area contributed by atoms with Crippen LogP contribution in [-0.2, 0) is 16.3 Å². The lowest BCUT2D eigenvalue weighted by molar-refractivity contribution is -0.156. The third kappa shape index (κ3) is 2.56. The number of carbonyl (C=O) groups is 1. The average molecular weight is 266 g/mol. The van der Waals surface area contributed by atoms with E-state index in [1.54, 1.807) is 20.8 Å². The summed E-state index contributed by atoms with van der Waals surface area (Å²) in [4.78, 5) is 42.6. The Morgan fingerprint density at radius 3 is 2.68 bits per heavy atom. The Balaban J connectivity index is 2.30.